The molecule has 0 aromatic heterocycles. The Balaban J connectivity index is 2.54. The highest BCUT2D eigenvalue weighted by atomic mass is 35.5. The Labute approximate surface area is 109 Å². The standard InChI is InChI=1S/C15H22ClF/c1-3-5-8-13(4-2)15(16)11-12-7-6-9-14(17)10-12/h6-7,9-10,13,15H,3-5,8,11H2,1-2H3. The fourth-order valence-corrected chi connectivity index (χ4v) is 2.65. The molecule has 0 nitrogen and oxygen atoms in total. The molecule has 2 unspecified atom stereocenters. The maximum absolute atomic E-state index is 13.1. The molecule has 1 rings (SSSR count). The maximum atomic E-state index is 13.1. The Morgan fingerprint density at radius 1 is 1.29 bits per heavy atom. The summed E-state index contributed by atoms with van der Waals surface area (Å²) >= 11 is 6.45. The maximum Gasteiger partial charge on any atom is 0.123 e. The highest BCUT2D eigenvalue weighted by molar-refractivity contribution is 6.20. The summed E-state index contributed by atoms with van der Waals surface area (Å²) in [6.07, 6.45) is 5.48. The van der Waals surface area contributed by atoms with Gasteiger partial charge in [-0.1, -0.05) is 45.2 Å². The second kappa shape index (κ2) is 7.71. The molecule has 0 spiro atoms. The van der Waals surface area contributed by atoms with Crippen molar-refractivity contribution in [2.24, 2.45) is 5.92 Å². The molecule has 0 N–H and O–H groups in total. The van der Waals surface area contributed by atoms with Gasteiger partial charge in [0, 0.05) is 5.38 Å². The van der Waals surface area contributed by atoms with E-state index in [1.165, 1.54) is 25.3 Å². The summed E-state index contributed by atoms with van der Waals surface area (Å²) < 4.78 is 13.1. The lowest BCUT2D eigenvalue weighted by Gasteiger charge is -2.20. The van der Waals surface area contributed by atoms with Crippen molar-refractivity contribution in [2.45, 2.75) is 51.3 Å². The van der Waals surface area contributed by atoms with E-state index >= 15 is 0 Å². The Hall–Kier alpha value is -0.560. The molecule has 1 aromatic carbocycles. The molecule has 17 heavy (non-hydrogen) atoms. The molecule has 0 amide bonds. The number of halogens is 2. The Bertz CT molecular complexity index is 324. The van der Waals surface area contributed by atoms with E-state index in [1.807, 2.05) is 6.07 Å². The molecule has 96 valence electrons. The minimum atomic E-state index is -0.173. The largest absolute Gasteiger partial charge is 0.207 e. The SMILES string of the molecule is CCCCC(CC)C(Cl)Cc1cccc(F)c1. The smallest absolute Gasteiger partial charge is 0.123 e. The molecule has 2 atom stereocenters. The summed E-state index contributed by atoms with van der Waals surface area (Å²) in [5.41, 5.74) is 1.000. The molecule has 0 saturated carbocycles. The van der Waals surface area contributed by atoms with E-state index < -0.39 is 0 Å². The molecule has 0 heterocycles. The highest BCUT2D eigenvalue weighted by Gasteiger charge is 2.17. The monoisotopic (exact) mass is 256 g/mol. The van der Waals surface area contributed by atoms with Crippen molar-refractivity contribution in [3.63, 3.8) is 0 Å². The molecule has 0 radical (unpaired) electrons. The van der Waals surface area contributed by atoms with E-state index in [4.69, 9.17) is 11.6 Å². The van der Waals surface area contributed by atoms with Gasteiger partial charge in [0.25, 0.3) is 0 Å². The first-order chi connectivity index (χ1) is 8.17. The minimum absolute atomic E-state index is 0.119. The second-order valence-electron chi connectivity index (χ2n) is 4.66. The summed E-state index contributed by atoms with van der Waals surface area (Å²) in [5.74, 6) is 0.368. The summed E-state index contributed by atoms with van der Waals surface area (Å²) in [5, 5.41) is 0.119. The molecule has 0 aliphatic heterocycles. The van der Waals surface area contributed by atoms with Crippen LogP contribution in [-0.4, -0.2) is 5.38 Å². The average Bonchev–Trinajstić information content (AvgIpc) is 2.30. The second-order valence-corrected chi connectivity index (χ2v) is 5.22. The van der Waals surface area contributed by atoms with Gasteiger partial charge in [0.1, 0.15) is 5.82 Å². The zero-order valence-corrected chi connectivity index (χ0v) is 11.5. The summed E-state index contributed by atoms with van der Waals surface area (Å²) in [7, 11) is 0. The third-order valence-electron chi connectivity index (χ3n) is 3.28. The molecular formula is C15H22ClF. The zero-order valence-electron chi connectivity index (χ0n) is 10.8. The van der Waals surface area contributed by atoms with Gasteiger partial charge in [-0.15, -0.1) is 11.6 Å². The van der Waals surface area contributed by atoms with Crippen LogP contribution in [0.4, 0.5) is 4.39 Å². The molecule has 0 aliphatic carbocycles. The number of hydrogen-bond donors (Lipinski definition) is 0. The first-order valence-electron chi connectivity index (χ1n) is 6.55. The van der Waals surface area contributed by atoms with Gasteiger partial charge in [-0.2, -0.15) is 0 Å². The van der Waals surface area contributed by atoms with Crippen LogP contribution < -0.4 is 0 Å². The van der Waals surface area contributed by atoms with E-state index in [2.05, 4.69) is 13.8 Å². The lowest BCUT2D eigenvalue weighted by atomic mass is 9.92. The van der Waals surface area contributed by atoms with Crippen molar-refractivity contribution in [3.8, 4) is 0 Å². The molecule has 1 aromatic rings. The number of benzene rings is 1. The Morgan fingerprint density at radius 2 is 2.06 bits per heavy atom. The molecular weight excluding hydrogens is 235 g/mol. The highest BCUT2D eigenvalue weighted by Crippen LogP contribution is 2.24. The van der Waals surface area contributed by atoms with Crippen molar-refractivity contribution in [1.29, 1.82) is 0 Å². The van der Waals surface area contributed by atoms with Crippen LogP contribution in [0.25, 0.3) is 0 Å². The lowest BCUT2D eigenvalue weighted by Crippen LogP contribution is -2.17. The van der Waals surface area contributed by atoms with Gasteiger partial charge in [0.05, 0.1) is 0 Å². The normalized spacial score (nSPS) is 14.6. The first-order valence-corrected chi connectivity index (χ1v) is 6.99. The quantitative estimate of drug-likeness (QED) is 0.589. The van der Waals surface area contributed by atoms with E-state index in [-0.39, 0.29) is 11.2 Å². The predicted octanol–water partition coefficient (Wildman–Crippen LogP) is 5.19. The van der Waals surface area contributed by atoms with Crippen molar-refractivity contribution in [3.05, 3.63) is 35.6 Å². The van der Waals surface area contributed by atoms with E-state index in [0.29, 0.717) is 5.92 Å². The van der Waals surface area contributed by atoms with Crippen LogP contribution in [0.3, 0.4) is 0 Å². The Morgan fingerprint density at radius 3 is 2.65 bits per heavy atom. The van der Waals surface area contributed by atoms with Crippen molar-refractivity contribution in [2.75, 3.05) is 0 Å². The summed E-state index contributed by atoms with van der Waals surface area (Å²) in [6, 6.07) is 6.76. The lowest BCUT2D eigenvalue weighted by molar-refractivity contribution is 0.428. The first kappa shape index (κ1) is 14.5. The third kappa shape index (κ3) is 5.08. The molecule has 0 saturated heterocycles. The van der Waals surface area contributed by atoms with Crippen molar-refractivity contribution in [1.82, 2.24) is 0 Å². The zero-order chi connectivity index (χ0) is 12.7. The van der Waals surface area contributed by atoms with Gasteiger partial charge in [-0.25, -0.2) is 4.39 Å². The minimum Gasteiger partial charge on any atom is -0.207 e. The van der Waals surface area contributed by atoms with Gasteiger partial charge < -0.3 is 0 Å². The van der Waals surface area contributed by atoms with Crippen LogP contribution in [0, 0.1) is 11.7 Å². The van der Waals surface area contributed by atoms with Crippen LogP contribution in [0.5, 0.6) is 0 Å². The van der Waals surface area contributed by atoms with Gasteiger partial charge in [0.15, 0.2) is 0 Å². The summed E-state index contributed by atoms with van der Waals surface area (Å²) in [4.78, 5) is 0. The van der Waals surface area contributed by atoms with E-state index in [9.17, 15) is 4.39 Å². The Kier molecular flexibility index (Phi) is 6.57. The van der Waals surface area contributed by atoms with Crippen molar-refractivity contribution >= 4 is 11.6 Å². The van der Waals surface area contributed by atoms with Crippen LogP contribution >= 0.6 is 11.6 Å². The topological polar surface area (TPSA) is 0 Å². The number of hydrogen-bond acceptors (Lipinski definition) is 0. The number of alkyl halides is 1. The van der Waals surface area contributed by atoms with Gasteiger partial charge in [-0.05, 0) is 36.5 Å². The van der Waals surface area contributed by atoms with E-state index in [1.54, 1.807) is 12.1 Å². The van der Waals surface area contributed by atoms with Gasteiger partial charge >= 0.3 is 0 Å². The molecule has 0 fully saturated rings. The predicted molar refractivity (Wildman–Crippen MR) is 73.1 cm³/mol. The van der Waals surface area contributed by atoms with Crippen LogP contribution in [-0.2, 0) is 6.42 Å². The van der Waals surface area contributed by atoms with Crippen LogP contribution in [0.15, 0.2) is 24.3 Å². The number of unbranched alkanes of at least 4 members (excludes halogenated alkanes) is 1. The molecule has 2 heteroatoms. The van der Waals surface area contributed by atoms with Gasteiger partial charge in [-0.3, -0.25) is 0 Å². The van der Waals surface area contributed by atoms with Crippen LogP contribution in [0.1, 0.15) is 45.1 Å². The number of rotatable bonds is 7. The van der Waals surface area contributed by atoms with Crippen LogP contribution in [0.2, 0.25) is 0 Å². The average molecular weight is 257 g/mol. The fraction of sp³-hybridized carbons (Fsp3) is 0.600. The fourth-order valence-electron chi connectivity index (χ4n) is 2.16. The summed E-state index contributed by atoms with van der Waals surface area (Å²) in [6.45, 7) is 4.38. The molecule has 0 bridgehead atoms. The van der Waals surface area contributed by atoms with E-state index in [0.717, 1.165) is 18.4 Å². The molecule has 0 aliphatic rings. The van der Waals surface area contributed by atoms with Crippen molar-refractivity contribution < 1.29 is 4.39 Å². The van der Waals surface area contributed by atoms with Gasteiger partial charge in [0.2, 0.25) is 0 Å². The third-order valence-corrected chi connectivity index (χ3v) is 3.79.